The SMILES string of the molecule is O=C1NCCN(C(=O)c2ccc3c(c2)ncn3CCO)[C@@H]1c1cccc(F)c1. The van der Waals surface area contributed by atoms with Crippen molar-refractivity contribution < 1.29 is 19.1 Å². The van der Waals surface area contributed by atoms with Crippen LogP contribution in [0, 0.1) is 5.82 Å². The van der Waals surface area contributed by atoms with E-state index in [0.717, 1.165) is 5.52 Å². The zero-order valence-electron chi connectivity index (χ0n) is 15.0. The highest BCUT2D eigenvalue weighted by Gasteiger charge is 2.35. The van der Waals surface area contributed by atoms with Crippen LogP contribution >= 0.6 is 0 Å². The highest BCUT2D eigenvalue weighted by atomic mass is 19.1. The van der Waals surface area contributed by atoms with Crippen LogP contribution in [-0.4, -0.2) is 51.1 Å². The van der Waals surface area contributed by atoms with Crippen LogP contribution in [0.1, 0.15) is 22.0 Å². The molecule has 1 atom stereocenters. The van der Waals surface area contributed by atoms with Gasteiger partial charge in [0.15, 0.2) is 0 Å². The Balaban J connectivity index is 1.68. The van der Waals surface area contributed by atoms with Gasteiger partial charge in [-0.05, 0) is 35.9 Å². The number of carbonyl (C=O) groups excluding carboxylic acids is 2. The number of fused-ring (bicyclic) bond motifs is 1. The summed E-state index contributed by atoms with van der Waals surface area (Å²) in [5.41, 5.74) is 2.27. The lowest BCUT2D eigenvalue weighted by Gasteiger charge is -2.35. The second kappa shape index (κ2) is 7.40. The average molecular weight is 382 g/mol. The van der Waals surface area contributed by atoms with Crippen LogP contribution in [0.5, 0.6) is 0 Å². The maximum Gasteiger partial charge on any atom is 0.254 e. The van der Waals surface area contributed by atoms with Crippen molar-refractivity contribution in [2.75, 3.05) is 19.7 Å². The minimum atomic E-state index is -0.889. The van der Waals surface area contributed by atoms with Gasteiger partial charge in [0.05, 0.1) is 24.0 Å². The number of hydrogen-bond donors (Lipinski definition) is 2. The Bertz CT molecular complexity index is 1050. The molecule has 0 bridgehead atoms. The summed E-state index contributed by atoms with van der Waals surface area (Å²) in [6.45, 7) is 1.06. The zero-order chi connectivity index (χ0) is 19.7. The summed E-state index contributed by atoms with van der Waals surface area (Å²) in [7, 11) is 0. The van der Waals surface area contributed by atoms with Crippen molar-refractivity contribution in [2.24, 2.45) is 0 Å². The second-order valence-electron chi connectivity index (χ2n) is 6.61. The number of rotatable bonds is 4. The molecule has 2 heterocycles. The molecule has 2 amide bonds. The van der Waals surface area contributed by atoms with E-state index in [1.807, 2.05) is 0 Å². The van der Waals surface area contributed by atoms with Crippen LogP contribution in [0.15, 0.2) is 48.8 Å². The van der Waals surface area contributed by atoms with E-state index in [4.69, 9.17) is 5.11 Å². The molecular weight excluding hydrogens is 363 g/mol. The summed E-state index contributed by atoms with van der Waals surface area (Å²) in [6, 6.07) is 9.96. The molecule has 144 valence electrons. The number of aromatic nitrogens is 2. The van der Waals surface area contributed by atoms with Crippen LogP contribution in [0.25, 0.3) is 11.0 Å². The summed E-state index contributed by atoms with van der Waals surface area (Å²) >= 11 is 0. The number of aliphatic hydroxyl groups excluding tert-OH is 1. The van der Waals surface area contributed by atoms with Crippen molar-refractivity contribution in [3.05, 3.63) is 65.7 Å². The van der Waals surface area contributed by atoms with E-state index in [0.29, 0.717) is 36.3 Å². The number of nitrogens with one attached hydrogen (secondary N) is 1. The van der Waals surface area contributed by atoms with Crippen LogP contribution in [0.3, 0.4) is 0 Å². The molecule has 2 aromatic carbocycles. The van der Waals surface area contributed by atoms with E-state index >= 15 is 0 Å². The normalized spacial score (nSPS) is 17.0. The predicted molar refractivity (Wildman–Crippen MR) is 100 cm³/mol. The Morgan fingerprint density at radius 1 is 1.29 bits per heavy atom. The van der Waals surface area contributed by atoms with Gasteiger partial charge in [-0.1, -0.05) is 12.1 Å². The highest BCUT2D eigenvalue weighted by Crippen LogP contribution is 2.26. The maximum absolute atomic E-state index is 13.7. The molecule has 0 unspecified atom stereocenters. The Kier molecular flexibility index (Phi) is 4.79. The first-order chi connectivity index (χ1) is 13.6. The molecule has 2 N–H and O–H groups in total. The minimum absolute atomic E-state index is 0.00958. The van der Waals surface area contributed by atoms with Crippen LogP contribution in [0.4, 0.5) is 4.39 Å². The van der Waals surface area contributed by atoms with E-state index < -0.39 is 11.9 Å². The van der Waals surface area contributed by atoms with Crippen molar-refractivity contribution in [3.8, 4) is 0 Å². The molecule has 1 saturated heterocycles. The van der Waals surface area contributed by atoms with Gasteiger partial charge in [0.25, 0.3) is 5.91 Å². The Labute approximate surface area is 160 Å². The van der Waals surface area contributed by atoms with Crippen molar-refractivity contribution in [1.29, 1.82) is 0 Å². The molecule has 0 saturated carbocycles. The molecule has 1 aromatic heterocycles. The lowest BCUT2D eigenvalue weighted by Crippen LogP contribution is -2.52. The van der Waals surface area contributed by atoms with Crippen LogP contribution < -0.4 is 5.32 Å². The standard InChI is InChI=1S/C20H19FN4O3/c21-15-3-1-2-13(10-15)18-19(27)22-6-7-25(18)20(28)14-4-5-17-16(11-14)23-12-24(17)8-9-26/h1-5,10-12,18,26H,6-9H2,(H,22,27)/t18-/m1/s1. The fourth-order valence-electron chi connectivity index (χ4n) is 3.54. The third-order valence-corrected chi connectivity index (χ3v) is 4.85. The topological polar surface area (TPSA) is 87.5 Å². The summed E-state index contributed by atoms with van der Waals surface area (Å²) < 4.78 is 15.5. The quantitative estimate of drug-likeness (QED) is 0.716. The van der Waals surface area contributed by atoms with E-state index in [-0.39, 0.29) is 18.4 Å². The number of halogens is 1. The first-order valence-corrected chi connectivity index (χ1v) is 8.98. The Morgan fingerprint density at radius 3 is 2.93 bits per heavy atom. The molecule has 8 heteroatoms. The van der Waals surface area contributed by atoms with E-state index in [1.54, 1.807) is 35.2 Å². The molecule has 7 nitrogen and oxygen atoms in total. The highest BCUT2D eigenvalue weighted by molar-refractivity contribution is 6.00. The molecule has 4 rings (SSSR count). The van der Waals surface area contributed by atoms with Gasteiger partial charge in [-0.15, -0.1) is 0 Å². The van der Waals surface area contributed by atoms with Gasteiger partial charge >= 0.3 is 0 Å². The largest absolute Gasteiger partial charge is 0.395 e. The van der Waals surface area contributed by atoms with Crippen molar-refractivity contribution in [1.82, 2.24) is 19.8 Å². The molecular formula is C20H19FN4O3. The Hall–Kier alpha value is -3.26. The van der Waals surface area contributed by atoms with Gasteiger partial charge in [-0.3, -0.25) is 9.59 Å². The molecule has 1 aliphatic rings. The molecule has 1 aliphatic heterocycles. The first kappa shape index (κ1) is 18.1. The number of imidazole rings is 1. The van der Waals surface area contributed by atoms with Crippen molar-refractivity contribution >= 4 is 22.8 Å². The summed E-state index contributed by atoms with van der Waals surface area (Å²) in [5.74, 6) is -1.11. The maximum atomic E-state index is 13.7. The number of aliphatic hydroxyl groups is 1. The van der Waals surface area contributed by atoms with Gasteiger partial charge in [-0.25, -0.2) is 9.37 Å². The Morgan fingerprint density at radius 2 is 2.14 bits per heavy atom. The van der Waals surface area contributed by atoms with Gasteiger partial charge in [0, 0.05) is 25.2 Å². The molecule has 1 fully saturated rings. The van der Waals surface area contributed by atoms with Gasteiger partial charge in [-0.2, -0.15) is 0 Å². The summed E-state index contributed by atoms with van der Waals surface area (Å²) in [5, 5.41) is 11.9. The lowest BCUT2D eigenvalue weighted by atomic mass is 10.0. The van der Waals surface area contributed by atoms with Crippen molar-refractivity contribution in [2.45, 2.75) is 12.6 Å². The van der Waals surface area contributed by atoms with E-state index in [1.165, 1.54) is 23.1 Å². The third kappa shape index (κ3) is 3.22. The molecule has 0 spiro atoms. The second-order valence-corrected chi connectivity index (χ2v) is 6.61. The number of carbonyl (C=O) groups is 2. The summed E-state index contributed by atoms with van der Waals surface area (Å²) in [6.07, 6.45) is 1.61. The number of nitrogens with zero attached hydrogens (tertiary/aromatic N) is 3. The monoisotopic (exact) mass is 382 g/mol. The van der Waals surface area contributed by atoms with E-state index in [9.17, 15) is 14.0 Å². The fourth-order valence-corrected chi connectivity index (χ4v) is 3.54. The number of hydrogen-bond acceptors (Lipinski definition) is 4. The number of amides is 2. The first-order valence-electron chi connectivity index (χ1n) is 8.98. The summed E-state index contributed by atoms with van der Waals surface area (Å²) in [4.78, 5) is 31.4. The van der Waals surface area contributed by atoms with Gasteiger partial charge in [0.2, 0.25) is 5.91 Å². The van der Waals surface area contributed by atoms with Crippen LogP contribution in [0.2, 0.25) is 0 Å². The van der Waals surface area contributed by atoms with Gasteiger partial charge < -0.3 is 19.9 Å². The van der Waals surface area contributed by atoms with Gasteiger partial charge in [0.1, 0.15) is 11.9 Å². The average Bonchev–Trinajstić information content (AvgIpc) is 3.09. The fraction of sp³-hybridized carbons (Fsp3) is 0.250. The number of benzene rings is 2. The minimum Gasteiger partial charge on any atom is -0.395 e. The lowest BCUT2D eigenvalue weighted by molar-refractivity contribution is -0.128. The molecule has 0 radical (unpaired) electrons. The van der Waals surface area contributed by atoms with Crippen molar-refractivity contribution in [3.63, 3.8) is 0 Å². The number of piperazine rings is 1. The van der Waals surface area contributed by atoms with Crippen LogP contribution in [-0.2, 0) is 11.3 Å². The third-order valence-electron chi connectivity index (χ3n) is 4.85. The smallest absolute Gasteiger partial charge is 0.254 e. The van der Waals surface area contributed by atoms with E-state index in [2.05, 4.69) is 10.3 Å². The predicted octanol–water partition coefficient (Wildman–Crippen LogP) is 1.48. The molecule has 0 aliphatic carbocycles. The molecule has 28 heavy (non-hydrogen) atoms. The zero-order valence-corrected chi connectivity index (χ0v) is 15.0. The molecule has 3 aromatic rings.